The topological polar surface area (TPSA) is 18.5 Å². The number of rotatable bonds is 6. The highest BCUT2D eigenvalue weighted by Crippen LogP contribution is 2.39. The van der Waals surface area contributed by atoms with Crippen molar-refractivity contribution >= 4 is 0 Å². The molecule has 0 amide bonds. The number of aryl methyl sites for hydroxylation is 1. The van der Waals surface area contributed by atoms with Gasteiger partial charge in [0.2, 0.25) is 0 Å². The highest BCUT2D eigenvalue weighted by molar-refractivity contribution is 5.24. The molecule has 0 spiro atoms. The van der Waals surface area contributed by atoms with Crippen molar-refractivity contribution in [3.63, 3.8) is 0 Å². The molecule has 1 saturated carbocycles. The lowest BCUT2D eigenvalue weighted by Crippen LogP contribution is -2.31. The molecule has 1 aliphatic heterocycles. The molecule has 2 unspecified atom stereocenters. The maximum atomic E-state index is 6.27. The largest absolute Gasteiger partial charge is 0.379 e. The third-order valence-corrected chi connectivity index (χ3v) is 5.99. The minimum atomic E-state index is 0.316. The average molecular weight is 331 g/mol. The summed E-state index contributed by atoms with van der Waals surface area (Å²) < 4.78 is 12.1. The van der Waals surface area contributed by atoms with E-state index in [4.69, 9.17) is 9.47 Å². The second-order valence-corrected chi connectivity index (χ2v) is 7.64. The average Bonchev–Trinajstić information content (AvgIpc) is 2.64. The van der Waals surface area contributed by atoms with E-state index in [0.717, 1.165) is 25.0 Å². The molecule has 1 saturated heterocycles. The Hall–Kier alpha value is -0.860. The first kappa shape index (κ1) is 17.9. The summed E-state index contributed by atoms with van der Waals surface area (Å²) in [4.78, 5) is 0. The molecule has 0 bridgehead atoms. The number of ether oxygens (including phenoxy) is 2. The molecule has 134 valence electrons. The zero-order chi connectivity index (χ0) is 16.8. The zero-order valence-corrected chi connectivity index (χ0v) is 15.5. The third-order valence-electron chi connectivity index (χ3n) is 5.99. The highest BCUT2D eigenvalue weighted by atomic mass is 16.5. The summed E-state index contributed by atoms with van der Waals surface area (Å²) >= 11 is 0. The van der Waals surface area contributed by atoms with Gasteiger partial charge >= 0.3 is 0 Å². The Morgan fingerprint density at radius 2 is 1.62 bits per heavy atom. The van der Waals surface area contributed by atoms with Crippen molar-refractivity contribution in [2.24, 2.45) is 11.8 Å². The first-order valence-electron chi connectivity index (χ1n) is 10.1. The molecule has 2 atom stereocenters. The molecule has 1 heterocycles. The van der Waals surface area contributed by atoms with Gasteiger partial charge in [-0.1, -0.05) is 37.6 Å². The molecule has 2 aliphatic rings. The van der Waals surface area contributed by atoms with E-state index in [1.807, 2.05) is 0 Å². The monoisotopic (exact) mass is 330 g/mol. The van der Waals surface area contributed by atoms with Gasteiger partial charge in [-0.3, -0.25) is 0 Å². The molecule has 2 nitrogen and oxygen atoms in total. The molecule has 1 aromatic carbocycles. The molecule has 0 radical (unpaired) electrons. The van der Waals surface area contributed by atoms with Gasteiger partial charge in [-0.05, 0) is 74.8 Å². The zero-order valence-electron chi connectivity index (χ0n) is 15.5. The van der Waals surface area contributed by atoms with Crippen LogP contribution >= 0.6 is 0 Å². The van der Waals surface area contributed by atoms with Crippen LogP contribution in [0.15, 0.2) is 24.3 Å². The Kier molecular flexibility index (Phi) is 6.74. The minimum Gasteiger partial charge on any atom is -0.379 e. The van der Waals surface area contributed by atoms with E-state index in [-0.39, 0.29) is 0 Å². The third kappa shape index (κ3) is 4.61. The molecule has 2 heteroatoms. The van der Waals surface area contributed by atoms with E-state index in [0.29, 0.717) is 12.2 Å². The summed E-state index contributed by atoms with van der Waals surface area (Å²) in [6.45, 7) is 6.15. The van der Waals surface area contributed by atoms with Crippen LogP contribution < -0.4 is 0 Å². The van der Waals surface area contributed by atoms with Gasteiger partial charge in [-0.15, -0.1) is 0 Å². The van der Waals surface area contributed by atoms with Gasteiger partial charge in [-0.25, -0.2) is 0 Å². The predicted octanol–water partition coefficient (Wildman–Crippen LogP) is 5.70. The van der Waals surface area contributed by atoms with Crippen molar-refractivity contribution in [2.45, 2.75) is 77.4 Å². The lowest BCUT2D eigenvalue weighted by atomic mass is 9.76. The standard InChI is InChI=1S/C22H34O2/c1-3-5-17-6-8-19(9-7-17)22-15-12-20(16-24-22)18-10-13-21(14-11-18)23-4-2/h6-9,18,20-22H,3-5,10-16H2,1-2H3. The Morgan fingerprint density at radius 1 is 0.917 bits per heavy atom. The summed E-state index contributed by atoms with van der Waals surface area (Å²) in [5.41, 5.74) is 2.81. The molecule has 24 heavy (non-hydrogen) atoms. The van der Waals surface area contributed by atoms with E-state index in [2.05, 4.69) is 38.1 Å². The van der Waals surface area contributed by atoms with Crippen LogP contribution in [0.5, 0.6) is 0 Å². The fraction of sp³-hybridized carbons (Fsp3) is 0.727. The molecule has 0 N–H and O–H groups in total. The quantitative estimate of drug-likeness (QED) is 0.666. The fourth-order valence-electron chi connectivity index (χ4n) is 4.56. The summed E-state index contributed by atoms with van der Waals surface area (Å²) in [6, 6.07) is 9.12. The number of hydrogen-bond acceptors (Lipinski definition) is 2. The normalized spacial score (nSPS) is 31.1. The Morgan fingerprint density at radius 3 is 2.21 bits per heavy atom. The Balaban J connectivity index is 1.45. The summed E-state index contributed by atoms with van der Waals surface area (Å²) in [7, 11) is 0. The van der Waals surface area contributed by atoms with Crippen LogP contribution in [-0.2, 0) is 15.9 Å². The first-order chi connectivity index (χ1) is 11.8. The number of hydrogen-bond donors (Lipinski definition) is 0. The van der Waals surface area contributed by atoms with Gasteiger partial charge in [-0.2, -0.15) is 0 Å². The van der Waals surface area contributed by atoms with Crippen molar-refractivity contribution in [1.82, 2.24) is 0 Å². The first-order valence-corrected chi connectivity index (χ1v) is 10.1. The molecule has 1 aliphatic carbocycles. The van der Waals surface area contributed by atoms with E-state index in [1.165, 1.54) is 62.5 Å². The maximum absolute atomic E-state index is 6.27. The van der Waals surface area contributed by atoms with Crippen LogP contribution in [0.25, 0.3) is 0 Å². The van der Waals surface area contributed by atoms with Crippen molar-refractivity contribution in [3.8, 4) is 0 Å². The summed E-state index contributed by atoms with van der Waals surface area (Å²) in [6.07, 6.45) is 10.9. The van der Waals surface area contributed by atoms with Crippen LogP contribution in [0.2, 0.25) is 0 Å². The van der Waals surface area contributed by atoms with Crippen LogP contribution in [0.1, 0.15) is 76.0 Å². The second-order valence-electron chi connectivity index (χ2n) is 7.64. The lowest BCUT2D eigenvalue weighted by molar-refractivity contribution is -0.0496. The molecule has 3 rings (SSSR count). The maximum Gasteiger partial charge on any atom is 0.0825 e. The lowest BCUT2D eigenvalue weighted by Gasteiger charge is -2.37. The molecule has 2 fully saturated rings. The molecule has 1 aromatic rings. The van der Waals surface area contributed by atoms with Crippen molar-refractivity contribution in [2.75, 3.05) is 13.2 Å². The van der Waals surface area contributed by atoms with Crippen LogP contribution in [0.3, 0.4) is 0 Å². The van der Waals surface area contributed by atoms with E-state index >= 15 is 0 Å². The van der Waals surface area contributed by atoms with Crippen LogP contribution in [0.4, 0.5) is 0 Å². The molecule has 0 aromatic heterocycles. The van der Waals surface area contributed by atoms with Gasteiger partial charge in [0.05, 0.1) is 18.8 Å². The van der Waals surface area contributed by atoms with Gasteiger partial charge in [0.1, 0.15) is 0 Å². The van der Waals surface area contributed by atoms with Gasteiger partial charge in [0.25, 0.3) is 0 Å². The number of benzene rings is 1. The summed E-state index contributed by atoms with van der Waals surface area (Å²) in [5.74, 6) is 1.62. The SMILES string of the molecule is CCCc1ccc(C2CCC(C3CCC(OCC)CC3)CO2)cc1. The van der Waals surface area contributed by atoms with E-state index < -0.39 is 0 Å². The molecular weight excluding hydrogens is 296 g/mol. The van der Waals surface area contributed by atoms with Gasteiger partial charge in [0.15, 0.2) is 0 Å². The van der Waals surface area contributed by atoms with Crippen molar-refractivity contribution in [3.05, 3.63) is 35.4 Å². The van der Waals surface area contributed by atoms with Crippen LogP contribution in [0, 0.1) is 11.8 Å². The smallest absolute Gasteiger partial charge is 0.0825 e. The van der Waals surface area contributed by atoms with E-state index in [1.54, 1.807) is 0 Å². The van der Waals surface area contributed by atoms with Crippen molar-refractivity contribution in [1.29, 1.82) is 0 Å². The van der Waals surface area contributed by atoms with Crippen molar-refractivity contribution < 1.29 is 9.47 Å². The predicted molar refractivity (Wildman–Crippen MR) is 99.2 cm³/mol. The second kappa shape index (κ2) is 9.01. The van der Waals surface area contributed by atoms with Gasteiger partial charge in [0, 0.05) is 6.61 Å². The highest BCUT2D eigenvalue weighted by Gasteiger charge is 2.31. The molecular formula is C22H34O2. The van der Waals surface area contributed by atoms with Gasteiger partial charge < -0.3 is 9.47 Å². The van der Waals surface area contributed by atoms with E-state index in [9.17, 15) is 0 Å². The fourth-order valence-corrected chi connectivity index (χ4v) is 4.56. The van der Waals surface area contributed by atoms with Crippen LogP contribution in [-0.4, -0.2) is 19.3 Å². The minimum absolute atomic E-state index is 0.316. The summed E-state index contributed by atoms with van der Waals surface area (Å²) in [5, 5.41) is 0. The Labute approximate surface area is 147 Å². The Bertz CT molecular complexity index is 465.